The molecule has 0 aliphatic carbocycles. The van der Waals surface area contributed by atoms with Crippen LogP contribution in [0.25, 0.3) is 0 Å². The zero-order chi connectivity index (χ0) is 45.5. The normalized spacial score (nSPS) is 12.9. The number of aliphatic hydroxyl groups is 1. The minimum atomic E-state index is -0.539. The highest BCUT2D eigenvalue weighted by Crippen LogP contribution is 2.16. The highest BCUT2D eigenvalue weighted by atomic mass is 16.6. The first-order chi connectivity index (χ1) is 31.2. The highest BCUT2D eigenvalue weighted by Gasteiger charge is 2.13. The Labute approximate surface area is 393 Å². The number of esters is 1. The first-order valence-electron chi connectivity index (χ1n) is 27.5. The van der Waals surface area contributed by atoms with E-state index in [-0.39, 0.29) is 12.6 Å². The summed E-state index contributed by atoms with van der Waals surface area (Å²) in [5, 5.41) is 9.67. The number of rotatable bonds is 51. The summed E-state index contributed by atoms with van der Waals surface area (Å²) in [4.78, 5) is 12.3. The first kappa shape index (κ1) is 60.8. The molecule has 0 aliphatic rings. The second-order valence-corrected chi connectivity index (χ2v) is 18.3. The Bertz CT molecular complexity index is 1070. The predicted molar refractivity (Wildman–Crippen MR) is 279 cm³/mol. The van der Waals surface area contributed by atoms with Crippen molar-refractivity contribution in [3.05, 3.63) is 72.9 Å². The third kappa shape index (κ3) is 54.1. The van der Waals surface area contributed by atoms with E-state index in [9.17, 15) is 9.90 Å². The summed E-state index contributed by atoms with van der Waals surface area (Å²) in [5.74, 6) is -0.201. The van der Waals surface area contributed by atoms with Gasteiger partial charge in [-0.1, -0.05) is 254 Å². The zero-order valence-corrected chi connectivity index (χ0v) is 42.1. The summed E-state index contributed by atoms with van der Waals surface area (Å²) in [5.41, 5.74) is 0. The van der Waals surface area contributed by atoms with Crippen molar-refractivity contribution < 1.29 is 19.4 Å². The van der Waals surface area contributed by atoms with E-state index in [0.29, 0.717) is 19.6 Å². The fourth-order valence-electron chi connectivity index (χ4n) is 7.94. The topological polar surface area (TPSA) is 55.8 Å². The summed E-state index contributed by atoms with van der Waals surface area (Å²) in [6.45, 7) is 5.25. The molecule has 63 heavy (non-hydrogen) atoms. The third-order valence-electron chi connectivity index (χ3n) is 12.0. The van der Waals surface area contributed by atoms with Gasteiger partial charge in [-0.2, -0.15) is 0 Å². The number of hydrogen-bond acceptors (Lipinski definition) is 4. The van der Waals surface area contributed by atoms with Gasteiger partial charge in [-0.05, 0) is 83.5 Å². The molecule has 0 spiro atoms. The molecule has 4 heteroatoms. The van der Waals surface area contributed by atoms with Crippen molar-refractivity contribution in [1.29, 1.82) is 0 Å². The summed E-state index contributed by atoms with van der Waals surface area (Å²) in [6, 6.07) is 0. The Morgan fingerprint density at radius 3 is 1.08 bits per heavy atom. The first-order valence-corrected chi connectivity index (χ1v) is 27.5. The molecule has 0 aromatic rings. The van der Waals surface area contributed by atoms with Crippen molar-refractivity contribution in [2.45, 2.75) is 277 Å². The lowest BCUT2D eigenvalue weighted by Crippen LogP contribution is -2.27. The Hall–Kier alpha value is -2.17. The largest absolute Gasteiger partial charge is 0.457 e. The molecular formula is C59H106O4. The minimum Gasteiger partial charge on any atom is -0.457 e. The lowest BCUT2D eigenvalue weighted by atomic mass is 10.0. The van der Waals surface area contributed by atoms with Crippen LogP contribution >= 0.6 is 0 Å². The molecule has 0 amide bonds. The number of carbonyl (C=O) groups is 1. The molecule has 0 fully saturated rings. The highest BCUT2D eigenvalue weighted by molar-refractivity contribution is 5.69. The lowest BCUT2D eigenvalue weighted by Gasteiger charge is -2.16. The fourth-order valence-corrected chi connectivity index (χ4v) is 7.94. The van der Waals surface area contributed by atoms with Crippen LogP contribution in [0.3, 0.4) is 0 Å². The SMILES string of the molecule is CC/C=C\C/C=C\C/C=C\C/C=C\CCCCCCCCCCCCCCC(=O)OC(CO)COCCCCCCCCCCCCCCCC/C=C\C/C=C\CCCCCCC. The molecule has 1 atom stereocenters. The molecule has 0 heterocycles. The molecule has 0 radical (unpaired) electrons. The molecule has 1 unspecified atom stereocenters. The maximum atomic E-state index is 12.3. The average molecular weight is 879 g/mol. The Morgan fingerprint density at radius 1 is 0.397 bits per heavy atom. The molecule has 0 bridgehead atoms. The van der Waals surface area contributed by atoms with E-state index in [4.69, 9.17) is 9.47 Å². The van der Waals surface area contributed by atoms with Gasteiger partial charge in [-0.15, -0.1) is 0 Å². The zero-order valence-electron chi connectivity index (χ0n) is 42.1. The number of allylic oxidation sites excluding steroid dienone is 12. The van der Waals surface area contributed by atoms with Crippen LogP contribution < -0.4 is 0 Å². The molecule has 0 saturated heterocycles. The van der Waals surface area contributed by atoms with Crippen LogP contribution in [-0.4, -0.2) is 37.0 Å². The van der Waals surface area contributed by atoms with Gasteiger partial charge in [-0.25, -0.2) is 0 Å². The molecule has 0 aliphatic heterocycles. The van der Waals surface area contributed by atoms with E-state index in [1.807, 2.05) is 0 Å². The van der Waals surface area contributed by atoms with E-state index < -0.39 is 6.10 Å². The van der Waals surface area contributed by atoms with Gasteiger partial charge in [0.05, 0.1) is 13.2 Å². The number of unbranched alkanes of at least 4 members (excludes halogenated alkanes) is 31. The van der Waals surface area contributed by atoms with Crippen LogP contribution in [0.15, 0.2) is 72.9 Å². The van der Waals surface area contributed by atoms with Gasteiger partial charge >= 0.3 is 5.97 Å². The minimum absolute atomic E-state index is 0.173. The molecule has 4 nitrogen and oxygen atoms in total. The van der Waals surface area contributed by atoms with Gasteiger partial charge in [-0.3, -0.25) is 4.79 Å². The molecule has 1 N–H and O–H groups in total. The maximum Gasteiger partial charge on any atom is 0.306 e. The lowest BCUT2D eigenvalue weighted by molar-refractivity contribution is -0.154. The van der Waals surface area contributed by atoms with E-state index in [1.165, 1.54) is 199 Å². The molecular weight excluding hydrogens is 773 g/mol. The Morgan fingerprint density at radius 2 is 0.714 bits per heavy atom. The van der Waals surface area contributed by atoms with Gasteiger partial charge in [0, 0.05) is 13.0 Å². The monoisotopic (exact) mass is 879 g/mol. The van der Waals surface area contributed by atoms with Gasteiger partial charge in [0.2, 0.25) is 0 Å². The smallest absolute Gasteiger partial charge is 0.306 e. The van der Waals surface area contributed by atoms with Crippen LogP contribution in [0, 0.1) is 0 Å². The standard InChI is InChI=1S/C59H106O4/c1-3-5-7-9-11-13-15-17-19-21-23-25-27-29-31-33-35-37-39-41-43-45-47-49-51-53-55-62-57-58(56-60)63-59(61)54-52-50-48-46-44-42-40-38-36-34-32-30-28-26-24-22-20-18-16-14-12-10-8-6-4-2/h6,8,12,14-15,17-18,20-21,23-24,26,58,60H,3-5,7,9-11,13,16,19,22,25,27-57H2,1-2H3/b8-6-,14-12-,17-15-,20-18-,23-21-,26-24-. The fraction of sp³-hybridized carbons (Fsp3) is 0.780. The van der Waals surface area contributed by atoms with Gasteiger partial charge in [0.1, 0.15) is 6.10 Å². The summed E-state index contributed by atoms with van der Waals surface area (Å²) >= 11 is 0. The van der Waals surface area contributed by atoms with Crippen LogP contribution in [0.2, 0.25) is 0 Å². The van der Waals surface area contributed by atoms with Crippen LogP contribution in [0.4, 0.5) is 0 Å². The summed E-state index contributed by atoms with van der Waals surface area (Å²) in [6.07, 6.45) is 77.2. The quantitative estimate of drug-likeness (QED) is 0.0376. The molecule has 0 rings (SSSR count). The number of ether oxygens (including phenoxy) is 2. The van der Waals surface area contributed by atoms with Crippen molar-refractivity contribution in [3.8, 4) is 0 Å². The van der Waals surface area contributed by atoms with Crippen molar-refractivity contribution in [1.82, 2.24) is 0 Å². The second kappa shape index (κ2) is 56.0. The maximum absolute atomic E-state index is 12.3. The predicted octanol–water partition coefficient (Wildman–Crippen LogP) is 18.9. The number of carbonyl (C=O) groups excluding carboxylic acids is 1. The van der Waals surface area contributed by atoms with Crippen molar-refractivity contribution >= 4 is 5.97 Å². The van der Waals surface area contributed by atoms with Crippen LogP contribution in [-0.2, 0) is 14.3 Å². The number of hydrogen-bond donors (Lipinski definition) is 1. The van der Waals surface area contributed by atoms with Crippen LogP contribution in [0.5, 0.6) is 0 Å². The van der Waals surface area contributed by atoms with E-state index >= 15 is 0 Å². The van der Waals surface area contributed by atoms with Gasteiger partial charge < -0.3 is 14.6 Å². The Balaban J connectivity index is 3.40. The van der Waals surface area contributed by atoms with Crippen molar-refractivity contribution in [3.63, 3.8) is 0 Å². The Kier molecular flexibility index (Phi) is 54.0. The third-order valence-corrected chi connectivity index (χ3v) is 12.0. The van der Waals surface area contributed by atoms with Crippen molar-refractivity contribution in [2.24, 2.45) is 0 Å². The van der Waals surface area contributed by atoms with Crippen molar-refractivity contribution in [2.75, 3.05) is 19.8 Å². The molecule has 0 saturated carbocycles. The summed E-state index contributed by atoms with van der Waals surface area (Å²) < 4.78 is 11.2. The molecule has 366 valence electrons. The van der Waals surface area contributed by atoms with E-state index in [0.717, 1.165) is 51.4 Å². The molecule has 0 aromatic heterocycles. The van der Waals surface area contributed by atoms with Gasteiger partial charge in [0.25, 0.3) is 0 Å². The van der Waals surface area contributed by atoms with E-state index in [2.05, 4.69) is 86.8 Å². The average Bonchev–Trinajstić information content (AvgIpc) is 3.29. The molecule has 0 aromatic carbocycles. The summed E-state index contributed by atoms with van der Waals surface area (Å²) in [7, 11) is 0. The van der Waals surface area contributed by atoms with Gasteiger partial charge in [0.15, 0.2) is 0 Å². The van der Waals surface area contributed by atoms with Crippen LogP contribution in [0.1, 0.15) is 271 Å². The van der Waals surface area contributed by atoms with E-state index in [1.54, 1.807) is 0 Å². The number of aliphatic hydroxyl groups excluding tert-OH is 1. The second-order valence-electron chi connectivity index (χ2n) is 18.3.